The predicted octanol–water partition coefficient (Wildman–Crippen LogP) is 4.95. The average molecular weight is 282 g/mol. The molecule has 0 saturated carbocycles. The summed E-state index contributed by atoms with van der Waals surface area (Å²) in [7, 11) is 0. The lowest BCUT2D eigenvalue weighted by molar-refractivity contribution is 1.18. The number of benzene rings is 3. The van der Waals surface area contributed by atoms with Gasteiger partial charge in [0.1, 0.15) is 0 Å². The molecule has 1 aromatic heterocycles. The van der Waals surface area contributed by atoms with E-state index in [1.54, 1.807) is 18.6 Å². The number of aromatic nitrogens is 2. The fraction of sp³-hybridized carbons (Fsp3) is 0. The normalized spacial score (nSPS) is 11.5. The molecule has 0 aliphatic rings. The molecule has 3 aromatic carbocycles. The summed E-state index contributed by atoms with van der Waals surface area (Å²) in [5, 5.41) is 5.00. The van der Waals surface area contributed by atoms with E-state index < -0.39 is 0 Å². The largest absolute Gasteiger partial charge is 0.261 e. The molecule has 0 radical (unpaired) electrons. The summed E-state index contributed by atoms with van der Waals surface area (Å²) in [5.74, 6) is 0. The van der Waals surface area contributed by atoms with Gasteiger partial charge >= 0.3 is 0 Å². The van der Waals surface area contributed by atoms with E-state index in [1.165, 1.54) is 27.1 Å². The van der Waals surface area contributed by atoms with Gasteiger partial charge in [0.15, 0.2) is 0 Å². The quantitative estimate of drug-likeness (QED) is 0.486. The van der Waals surface area contributed by atoms with Crippen LogP contribution in [0.5, 0.6) is 0 Å². The van der Waals surface area contributed by atoms with Crippen LogP contribution in [0.1, 0.15) is 11.3 Å². The summed E-state index contributed by atoms with van der Waals surface area (Å²) in [6.45, 7) is 0. The van der Waals surface area contributed by atoms with Crippen LogP contribution in [-0.2, 0) is 0 Å². The minimum absolute atomic E-state index is 0.861. The Morgan fingerprint density at radius 2 is 1.41 bits per heavy atom. The molecule has 0 amide bonds. The second kappa shape index (κ2) is 5.41. The van der Waals surface area contributed by atoms with Gasteiger partial charge in [-0.2, -0.15) is 0 Å². The number of fused-ring (bicyclic) bond motifs is 2. The van der Waals surface area contributed by atoms with E-state index in [0.717, 1.165) is 5.69 Å². The molecule has 2 heteroatoms. The molecule has 0 fully saturated rings. The Morgan fingerprint density at radius 3 is 2.05 bits per heavy atom. The Morgan fingerprint density at radius 1 is 0.727 bits per heavy atom. The molecule has 0 saturated heterocycles. The zero-order valence-electron chi connectivity index (χ0n) is 12.0. The third-order valence-corrected chi connectivity index (χ3v) is 3.82. The maximum atomic E-state index is 4.30. The SMILES string of the molecule is C(=C\c1c2ccccc2cc2ccccc12)/c1cnccn1. The summed E-state index contributed by atoms with van der Waals surface area (Å²) in [6.07, 6.45) is 9.31. The highest BCUT2D eigenvalue weighted by Crippen LogP contribution is 2.29. The van der Waals surface area contributed by atoms with Gasteiger partial charge in [0.05, 0.1) is 11.9 Å². The standard InChI is InChI=1S/C20H14N2/c1-3-7-18-15(5-1)13-16-6-2-4-8-19(16)20(18)10-9-17-14-21-11-12-22-17/h1-14H/b10-9+. The molecule has 0 bridgehead atoms. The first-order chi connectivity index (χ1) is 10.9. The molecule has 4 aromatic rings. The highest BCUT2D eigenvalue weighted by molar-refractivity contribution is 6.07. The zero-order valence-corrected chi connectivity index (χ0v) is 12.0. The second-order valence-electron chi connectivity index (χ2n) is 5.20. The first kappa shape index (κ1) is 12.7. The number of rotatable bonds is 2. The van der Waals surface area contributed by atoms with E-state index in [9.17, 15) is 0 Å². The Bertz CT molecular complexity index is 918. The van der Waals surface area contributed by atoms with E-state index in [4.69, 9.17) is 0 Å². The van der Waals surface area contributed by atoms with Crippen LogP contribution < -0.4 is 0 Å². The third-order valence-electron chi connectivity index (χ3n) is 3.82. The van der Waals surface area contributed by atoms with Crippen molar-refractivity contribution < 1.29 is 0 Å². The van der Waals surface area contributed by atoms with Gasteiger partial charge in [-0.25, -0.2) is 0 Å². The Hall–Kier alpha value is -3.00. The third kappa shape index (κ3) is 2.25. The van der Waals surface area contributed by atoms with Gasteiger partial charge < -0.3 is 0 Å². The van der Waals surface area contributed by atoms with Crippen molar-refractivity contribution >= 4 is 33.7 Å². The van der Waals surface area contributed by atoms with E-state index in [2.05, 4.69) is 70.6 Å². The lowest BCUT2D eigenvalue weighted by Gasteiger charge is -2.08. The van der Waals surface area contributed by atoms with Gasteiger partial charge in [0.2, 0.25) is 0 Å². The van der Waals surface area contributed by atoms with Crippen LogP contribution in [0.25, 0.3) is 33.7 Å². The van der Waals surface area contributed by atoms with Gasteiger partial charge in [0, 0.05) is 12.4 Å². The highest BCUT2D eigenvalue weighted by Gasteiger charge is 2.04. The maximum Gasteiger partial charge on any atom is 0.0813 e. The van der Waals surface area contributed by atoms with Crippen LogP contribution in [0.3, 0.4) is 0 Å². The lowest BCUT2D eigenvalue weighted by atomic mass is 9.96. The van der Waals surface area contributed by atoms with Gasteiger partial charge in [0.25, 0.3) is 0 Å². The molecular formula is C20H14N2. The molecule has 0 aliphatic carbocycles. The first-order valence-corrected chi connectivity index (χ1v) is 7.26. The maximum absolute atomic E-state index is 4.30. The van der Waals surface area contributed by atoms with Crippen molar-refractivity contribution in [2.45, 2.75) is 0 Å². The topological polar surface area (TPSA) is 25.8 Å². The van der Waals surface area contributed by atoms with Crippen LogP contribution in [0.15, 0.2) is 73.2 Å². The molecule has 0 aliphatic heterocycles. The number of hydrogen-bond donors (Lipinski definition) is 0. The van der Waals surface area contributed by atoms with E-state index in [0.29, 0.717) is 0 Å². The van der Waals surface area contributed by atoms with Crippen LogP contribution in [0, 0.1) is 0 Å². The molecule has 0 unspecified atom stereocenters. The van der Waals surface area contributed by atoms with Crippen molar-refractivity contribution in [3.05, 3.63) is 84.4 Å². The summed E-state index contributed by atoms with van der Waals surface area (Å²) in [6, 6.07) is 19.2. The molecule has 2 nitrogen and oxygen atoms in total. The monoisotopic (exact) mass is 282 g/mol. The van der Waals surface area contributed by atoms with Gasteiger partial charge in [-0.3, -0.25) is 9.97 Å². The summed E-state index contributed by atoms with van der Waals surface area (Å²) in [4.78, 5) is 8.41. The summed E-state index contributed by atoms with van der Waals surface area (Å²) >= 11 is 0. The van der Waals surface area contributed by atoms with Crippen LogP contribution >= 0.6 is 0 Å². The van der Waals surface area contributed by atoms with Crippen molar-refractivity contribution in [3.63, 3.8) is 0 Å². The molecule has 1 heterocycles. The fourth-order valence-electron chi connectivity index (χ4n) is 2.79. The highest BCUT2D eigenvalue weighted by atomic mass is 14.7. The molecule has 22 heavy (non-hydrogen) atoms. The van der Waals surface area contributed by atoms with Crippen molar-refractivity contribution in [1.82, 2.24) is 9.97 Å². The smallest absolute Gasteiger partial charge is 0.0813 e. The average Bonchev–Trinajstić information content (AvgIpc) is 2.59. The van der Waals surface area contributed by atoms with E-state index >= 15 is 0 Å². The minimum Gasteiger partial charge on any atom is -0.261 e. The summed E-state index contributed by atoms with van der Waals surface area (Å²) < 4.78 is 0. The van der Waals surface area contributed by atoms with E-state index in [-0.39, 0.29) is 0 Å². The van der Waals surface area contributed by atoms with Crippen LogP contribution in [0.4, 0.5) is 0 Å². The van der Waals surface area contributed by atoms with Crippen molar-refractivity contribution in [1.29, 1.82) is 0 Å². The zero-order chi connectivity index (χ0) is 14.8. The van der Waals surface area contributed by atoms with Crippen molar-refractivity contribution in [3.8, 4) is 0 Å². The van der Waals surface area contributed by atoms with Gasteiger partial charge in [-0.1, -0.05) is 54.6 Å². The van der Waals surface area contributed by atoms with Crippen LogP contribution in [-0.4, -0.2) is 9.97 Å². The van der Waals surface area contributed by atoms with E-state index in [1.807, 2.05) is 6.08 Å². The summed E-state index contributed by atoms with van der Waals surface area (Å²) in [5.41, 5.74) is 2.08. The Balaban J connectivity index is 1.98. The van der Waals surface area contributed by atoms with Crippen molar-refractivity contribution in [2.24, 2.45) is 0 Å². The Labute approximate surface area is 128 Å². The second-order valence-corrected chi connectivity index (χ2v) is 5.20. The predicted molar refractivity (Wildman–Crippen MR) is 92.4 cm³/mol. The van der Waals surface area contributed by atoms with Gasteiger partial charge in [-0.05, 0) is 39.3 Å². The first-order valence-electron chi connectivity index (χ1n) is 7.26. The fourth-order valence-corrected chi connectivity index (χ4v) is 2.79. The minimum atomic E-state index is 0.861. The Kier molecular flexibility index (Phi) is 3.13. The van der Waals surface area contributed by atoms with Crippen LogP contribution in [0.2, 0.25) is 0 Å². The molecule has 0 N–H and O–H groups in total. The number of hydrogen-bond acceptors (Lipinski definition) is 2. The lowest BCUT2D eigenvalue weighted by Crippen LogP contribution is -1.84. The molecular weight excluding hydrogens is 268 g/mol. The number of nitrogens with zero attached hydrogens (tertiary/aromatic N) is 2. The molecule has 0 spiro atoms. The molecule has 104 valence electrons. The van der Waals surface area contributed by atoms with Gasteiger partial charge in [-0.15, -0.1) is 0 Å². The van der Waals surface area contributed by atoms with Crippen molar-refractivity contribution in [2.75, 3.05) is 0 Å². The molecule has 4 rings (SSSR count). The molecule has 0 atom stereocenters.